The van der Waals surface area contributed by atoms with Crippen LogP contribution in [0.4, 0.5) is 15.9 Å². The first-order valence-corrected chi connectivity index (χ1v) is 16.8. The number of allylic oxidation sites excluding steroid dienone is 2. The Hall–Kier alpha value is -2.11. The van der Waals surface area contributed by atoms with Crippen molar-refractivity contribution >= 4 is 42.2 Å². The number of nitrogens with zero attached hydrogens (tertiary/aromatic N) is 2. The molecule has 0 radical (unpaired) electrons. The fourth-order valence-corrected chi connectivity index (χ4v) is 9.09. The molecule has 1 aromatic heterocycles. The molecule has 0 bridgehead atoms. The number of anilines is 2. The number of aromatic nitrogens is 2. The van der Waals surface area contributed by atoms with Gasteiger partial charge in [0.2, 0.25) is 0 Å². The summed E-state index contributed by atoms with van der Waals surface area (Å²) in [5.41, 5.74) is 3.63. The number of ether oxygens (including phenoxy) is 1. The summed E-state index contributed by atoms with van der Waals surface area (Å²) in [6.45, 7) is 6.32. The van der Waals surface area contributed by atoms with Crippen LogP contribution in [0.25, 0.3) is 0 Å². The quantitative estimate of drug-likeness (QED) is 0.189. The summed E-state index contributed by atoms with van der Waals surface area (Å²) in [7, 11) is 0. The van der Waals surface area contributed by atoms with Crippen molar-refractivity contribution in [2.45, 2.75) is 62.5 Å². The summed E-state index contributed by atoms with van der Waals surface area (Å²) in [6.07, 6.45) is 9.41. The van der Waals surface area contributed by atoms with Crippen molar-refractivity contribution in [3.63, 3.8) is 0 Å². The zero-order valence-electron chi connectivity index (χ0n) is 19.2. The summed E-state index contributed by atoms with van der Waals surface area (Å²) < 4.78 is 26.0. The molecule has 0 spiro atoms. The minimum atomic E-state index is -1.63. The largest absolute Gasteiger partial charge is 0.0804 e. The third-order valence-corrected chi connectivity index (χ3v) is 11.9. The van der Waals surface area contributed by atoms with Gasteiger partial charge in [0.05, 0.1) is 6.20 Å². The normalized spacial score (nSPS) is 23.6. The van der Waals surface area contributed by atoms with E-state index in [0.717, 1.165) is 36.3 Å². The number of aliphatic imine (C=N–C) groups is 1. The van der Waals surface area contributed by atoms with Crippen molar-refractivity contribution in [3.8, 4) is 0 Å². The van der Waals surface area contributed by atoms with Crippen LogP contribution < -0.4 is 12.3 Å². The number of rotatable bonds is 8. The van der Waals surface area contributed by atoms with Gasteiger partial charge in [0, 0.05) is 0 Å². The van der Waals surface area contributed by atoms with Crippen LogP contribution in [-0.2, 0) is 11.3 Å². The van der Waals surface area contributed by atoms with Crippen molar-refractivity contribution in [2.24, 2.45) is 10.9 Å². The van der Waals surface area contributed by atoms with Gasteiger partial charge < -0.3 is 0 Å². The van der Waals surface area contributed by atoms with Crippen molar-refractivity contribution in [3.05, 3.63) is 58.9 Å². The van der Waals surface area contributed by atoms with E-state index in [2.05, 4.69) is 54.6 Å². The molecule has 2 fully saturated rings. The van der Waals surface area contributed by atoms with Crippen molar-refractivity contribution in [1.29, 1.82) is 0 Å². The monoisotopic (exact) mass is 557 g/mol. The van der Waals surface area contributed by atoms with E-state index in [1.807, 2.05) is 12.1 Å². The van der Waals surface area contributed by atoms with E-state index < -0.39 is 20.5 Å². The van der Waals surface area contributed by atoms with Crippen LogP contribution in [0.5, 0.6) is 0 Å². The van der Waals surface area contributed by atoms with E-state index in [1.165, 1.54) is 21.9 Å². The zero-order chi connectivity index (χ0) is 22.9. The molecule has 6 nitrogen and oxygen atoms in total. The van der Waals surface area contributed by atoms with E-state index >= 15 is 0 Å². The van der Waals surface area contributed by atoms with Gasteiger partial charge in [-0.2, -0.15) is 0 Å². The first-order valence-electron chi connectivity index (χ1n) is 11.7. The summed E-state index contributed by atoms with van der Waals surface area (Å²) in [4.78, 5) is 6.21. The van der Waals surface area contributed by atoms with Crippen molar-refractivity contribution in [1.82, 2.24) is 13.7 Å². The van der Waals surface area contributed by atoms with Gasteiger partial charge in [-0.1, -0.05) is 6.08 Å². The molecule has 174 valence electrons. The molecule has 2 heterocycles. The van der Waals surface area contributed by atoms with E-state index in [4.69, 9.17) is 4.74 Å². The van der Waals surface area contributed by atoms with Gasteiger partial charge in [0.1, 0.15) is 5.76 Å². The van der Waals surface area contributed by atoms with E-state index in [9.17, 15) is 4.39 Å². The van der Waals surface area contributed by atoms with Crippen LogP contribution in [0.1, 0.15) is 56.2 Å². The van der Waals surface area contributed by atoms with E-state index in [-0.39, 0.29) is 11.9 Å². The first-order chi connectivity index (χ1) is 16.1. The first kappa shape index (κ1) is 22.7. The number of hydrogen-bond donors (Lipinski definition) is 3. The molecule has 0 amide bonds. The molecule has 3 N–H and O–H groups in total. The Kier molecular flexibility index (Phi) is 6.62. The SMILES string of the molecule is C=N/C=C(OC1CCC(c2cc(Nc3cc[c]4c(c3F)C[NH][Sb]4[CH3])n[nH]2)C1)\C(=C/C)C1CC1. The van der Waals surface area contributed by atoms with Gasteiger partial charge in [0.25, 0.3) is 0 Å². The Balaban J connectivity index is 1.23. The van der Waals surface area contributed by atoms with E-state index in [0.29, 0.717) is 29.9 Å². The van der Waals surface area contributed by atoms with Crippen molar-refractivity contribution in [2.75, 3.05) is 5.32 Å². The van der Waals surface area contributed by atoms with Crippen LogP contribution in [0, 0.1) is 11.7 Å². The van der Waals surface area contributed by atoms with Gasteiger partial charge >= 0.3 is 142 Å². The molecule has 1 aromatic carbocycles. The second-order valence-electron chi connectivity index (χ2n) is 9.10. The fourth-order valence-electron chi connectivity index (χ4n) is 4.96. The molecular formula is C25H31FN5OSb. The van der Waals surface area contributed by atoms with Crippen LogP contribution in [0.15, 0.2) is 46.8 Å². The molecule has 33 heavy (non-hydrogen) atoms. The maximum atomic E-state index is 15.0. The number of fused-ring (bicyclic) bond motifs is 1. The molecule has 2 aromatic rings. The number of aromatic amines is 1. The van der Waals surface area contributed by atoms with E-state index in [1.54, 1.807) is 6.20 Å². The summed E-state index contributed by atoms with van der Waals surface area (Å²) >= 11 is -1.63. The predicted octanol–water partition coefficient (Wildman–Crippen LogP) is 4.77. The minimum absolute atomic E-state index is 0.144. The second kappa shape index (κ2) is 9.63. The van der Waals surface area contributed by atoms with Crippen LogP contribution in [-0.4, -0.2) is 43.5 Å². The van der Waals surface area contributed by atoms with Gasteiger partial charge in [-0.25, -0.2) is 0 Å². The number of H-pyrrole nitrogens is 1. The zero-order valence-corrected chi connectivity index (χ0v) is 21.7. The Labute approximate surface area is 202 Å². The number of halogens is 1. The maximum Gasteiger partial charge on any atom is -0.00542 e. The molecular weight excluding hydrogens is 527 g/mol. The molecule has 2 atom stereocenters. The maximum absolute atomic E-state index is 15.0. The molecule has 1 aliphatic heterocycles. The van der Waals surface area contributed by atoms with Crippen molar-refractivity contribution < 1.29 is 9.13 Å². The third-order valence-electron chi connectivity index (χ3n) is 6.87. The second-order valence-corrected chi connectivity index (χ2v) is 14.6. The molecule has 2 saturated carbocycles. The molecule has 0 saturated heterocycles. The Bertz CT molecular complexity index is 1110. The topological polar surface area (TPSA) is 74.3 Å². The summed E-state index contributed by atoms with van der Waals surface area (Å²) in [5.74, 6) is 2.30. The Morgan fingerprint density at radius 1 is 1.33 bits per heavy atom. The predicted molar refractivity (Wildman–Crippen MR) is 132 cm³/mol. The minimum Gasteiger partial charge on any atom is -0.0804 e. The number of nitrogens with one attached hydrogen (secondary N) is 3. The Morgan fingerprint density at radius 2 is 2.18 bits per heavy atom. The van der Waals surface area contributed by atoms with Gasteiger partial charge in [-0.15, -0.1) is 0 Å². The standard InChI is InChI=1S/C24H28FN5O.CH3.Sb/c1-3-19(15-7-8-15)22(14-27-2)31-18-10-9-16(11-18)21-12-23(30-29-21)28-20-6-4-5-17(13-26)24(20)25;;/h3-4,6,12,14-16,18,26H,2,7-11,13H2,1H3,(H2,28,29,30);1H3;/q-1;;+1/b19-3-,22-14+;;. The average molecular weight is 558 g/mol. The van der Waals surface area contributed by atoms with Crippen LogP contribution >= 0.6 is 0 Å². The molecule has 3 aliphatic rings. The smallest absolute Gasteiger partial charge is 0.00542 e. The number of benzene rings is 1. The fraction of sp³-hybridized carbons (Fsp3) is 0.440. The summed E-state index contributed by atoms with van der Waals surface area (Å²) in [5, 5.41) is 10.7. The average Bonchev–Trinajstić information content (AvgIpc) is 3.18. The summed E-state index contributed by atoms with van der Waals surface area (Å²) in [6, 6.07) is 5.91. The van der Waals surface area contributed by atoms with Gasteiger partial charge in [-0.05, 0) is 38.0 Å². The molecule has 2 aliphatic carbocycles. The van der Waals surface area contributed by atoms with Crippen LogP contribution in [0.2, 0.25) is 4.87 Å². The Morgan fingerprint density at radius 3 is 2.94 bits per heavy atom. The van der Waals surface area contributed by atoms with Crippen LogP contribution in [0.3, 0.4) is 0 Å². The molecule has 5 rings (SSSR count). The molecule has 8 heteroatoms. The molecule has 2 unspecified atom stereocenters. The van der Waals surface area contributed by atoms with Gasteiger partial charge in [-0.3, -0.25) is 4.99 Å². The third kappa shape index (κ3) is 4.76. The van der Waals surface area contributed by atoms with Gasteiger partial charge in [0.15, 0.2) is 0 Å². The number of hydrogen-bond acceptors (Lipinski definition) is 5.